The predicted octanol–water partition coefficient (Wildman–Crippen LogP) is 4.14. The molecule has 0 N–H and O–H groups in total. The smallest absolute Gasteiger partial charge is 0.165 e. The van der Waals surface area contributed by atoms with Gasteiger partial charge in [0.05, 0.1) is 17.9 Å². The van der Waals surface area contributed by atoms with E-state index in [-0.39, 0.29) is 0 Å². The van der Waals surface area contributed by atoms with Gasteiger partial charge in [-0.3, -0.25) is 4.68 Å². The van der Waals surface area contributed by atoms with Gasteiger partial charge < -0.3 is 4.74 Å². The van der Waals surface area contributed by atoms with Gasteiger partial charge in [0.15, 0.2) is 5.82 Å². The van der Waals surface area contributed by atoms with E-state index in [2.05, 4.69) is 32.9 Å². The molecule has 0 bridgehead atoms. The van der Waals surface area contributed by atoms with E-state index >= 15 is 0 Å². The lowest BCUT2D eigenvalue weighted by molar-refractivity contribution is 0.341. The number of aryl methyl sites for hydroxylation is 2. The second kappa shape index (κ2) is 6.66. The number of hydrogen-bond acceptors (Lipinski definition) is 4. The molecule has 1 aromatic carbocycles. The molecular weight excluding hydrogens is 356 g/mol. The Morgan fingerprint density at radius 3 is 2.70 bits per heavy atom. The fourth-order valence-electron chi connectivity index (χ4n) is 2.65. The molecule has 3 aromatic rings. The van der Waals surface area contributed by atoms with Gasteiger partial charge in [-0.25, -0.2) is 9.97 Å². The van der Waals surface area contributed by atoms with Crippen LogP contribution in [0.4, 0.5) is 0 Å². The van der Waals surface area contributed by atoms with Crippen LogP contribution < -0.4 is 4.74 Å². The highest BCUT2D eigenvalue weighted by atomic mass is 79.9. The molecule has 6 heteroatoms. The van der Waals surface area contributed by atoms with E-state index in [1.54, 1.807) is 0 Å². The number of halogens is 1. The first-order chi connectivity index (χ1) is 11.2. The maximum atomic E-state index is 5.71. The van der Waals surface area contributed by atoms with Crippen molar-refractivity contribution in [3.63, 3.8) is 0 Å². The van der Waals surface area contributed by atoms with Gasteiger partial charge in [0.1, 0.15) is 21.4 Å². The Morgan fingerprint density at radius 2 is 1.96 bits per heavy atom. The minimum Gasteiger partial charge on any atom is -0.493 e. The first kappa shape index (κ1) is 15.9. The molecule has 23 heavy (non-hydrogen) atoms. The lowest BCUT2D eigenvalue weighted by atomic mass is 10.1. The molecule has 2 aromatic heterocycles. The minimum atomic E-state index is 0.606. The van der Waals surface area contributed by atoms with Gasteiger partial charge in [-0.2, -0.15) is 5.10 Å². The van der Waals surface area contributed by atoms with Crippen molar-refractivity contribution >= 4 is 27.0 Å². The average Bonchev–Trinajstić information content (AvgIpc) is 2.85. The van der Waals surface area contributed by atoms with Gasteiger partial charge >= 0.3 is 0 Å². The lowest BCUT2D eigenvalue weighted by Crippen LogP contribution is -1.98. The van der Waals surface area contributed by atoms with Crippen LogP contribution in [0.3, 0.4) is 0 Å². The molecule has 0 aliphatic carbocycles. The van der Waals surface area contributed by atoms with E-state index in [1.807, 2.05) is 42.9 Å². The number of nitrogens with zero attached hydrogens (tertiary/aromatic N) is 4. The third-order valence-corrected chi connectivity index (χ3v) is 4.18. The summed E-state index contributed by atoms with van der Waals surface area (Å²) in [5, 5.41) is 4.59. The van der Waals surface area contributed by atoms with E-state index < -0.39 is 0 Å². The fourth-order valence-corrected chi connectivity index (χ4v) is 3.26. The highest BCUT2D eigenvalue weighted by Crippen LogP contribution is 2.31. The second-order valence-electron chi connectivity index (χ2n) is 5.28. The van der Waals surface area contributed by atoms with Crippen LogP contribution in [0.15, 0.2) is 28.9 Å². The number of hydrogen-bond donors (Lipinski definition) is 0. The second-order valence-corrected chi connectivity index (χ2v) is 6.04. The van der Waals surface area contributed by atoms with E-state index in [0.29, 0.717) is 12.4 Å². The molecule has 0 saturated carbocycles. The van der Waals surface area contributed by atoms with Crippen molar-refractivity contribution in [2.45, 2.75) is 26.7 Å². The monoisotopic (exact) mass is 374 g/mol. The molecule has 0 aliphatic heterocycles. The van der Waals surface area contributed by atoms with Crippen LogP contribution in [0.1, 0.15) is 26.0 Å². The van der Waals surface area contributed by atoms with Crippen molar-refractivity contribution in [2.75, 3.05) is 6.61 Å². The Bertz CT molecular complexity index is 844. The zero-order valence-corrected chi connectivity index (χ0v) is 15.1. The Kier molecular flexibility index (Phi) is 4.61. The maximum Gasteiger partial charge on any atom is 0.165 e. The van der Waals surface area contributed by atoms with Crippen molar-refractivity contribution in [3.05, 3.63) is 34.6 Å². The van der Waals surface area contributed by atoms with E-state index in [0.717, 1.165) is 45.5 Å². The van der Waals surface area contributed by atoms with Crippen LogP contribution in [-0.4, -0.2) is 26.4 Å². The number of para-hydroxylation sites is 1. The van der Waals surface area contributed by atoms with Gasteiger partial charge in [-0.15, -0.1) is 0 Å². The number of benzene rings is 1. The predicted molar refractivity (Wildman–Crippen MR) is 94.6 cm³/mol. The summed E-state index contributed by atoms with van der Waals surface area (Å²) in [5.74, 6) is 1.45. The molecule has 120 valence electrons. The summed E-state index contributed by atoms with van der Waals surface area (Å²) < 4.78 is 8.30. The summed E-state index contributed by atoms with van der Waals surface area (Å²) in [6, 6.07) is 7.84. The van der Waals surface area contributed by atoms with Gasteiger partial charge in [0, 0.05) is 7.05 Å². The van der Waals surface area contributed by atoms with Crippen LogP contribution in [0.25, 0.3) is 22.4 Å². The summed E-state index contributed by atoms with van der Waals surface area (Å²) in [6.45, 7) is 4.72. The van der Waals surface area contributed by atoms with Crippen LogP contribution in [0.5, 0.6) is 5.75 Å². The van der Waals surface area contributed by atoms with Crippen LogP contribution in [0, 0.1) is 0 Å². The van der Waals surface area contributed by atoms with Crippen molar-refractivity contribution in [2.24, 2.45) is 7.05 Å². The highest BCUT2D eigenvalue weighted by molar-refractivity contribution is 9.10. The topological polar surface area (TPSA) is 52.8 Å². The zero-order valence-electron chi connectivity index (χ0n) is 13.5. The first-order valence-electron chi connectivity index (χ1n) is 7.77. The van der Waals surface area contributed by atoms with Crippen LogP contribution >= 0.6 is 15.9 Å². The SMILES string of the molecule is CCCc1nn(C)c2c(Br)nc(-c3ccccc3OCC)nc12. The molecule has 2 heterocycles. The van der Waals surface area contributed by atoms with Gasteiger partial charge in [0.25, 0.3) is 0 Å². The molecule has 0 atom stereocenters. The minimum absolute atomic E-state index is 0.606. The van der Waals surface area contributed by atoms with E-state index in [9.17, 15) is 0 Å². The Balaban J connectivity index is 2.21. The normalized spacial score (nSPS) is 11.1. The third-order valence-electron chi connectivity index (χ3n) is 3.62. The summed E-state index contributed by atoms with van der Waals surface area (Å²) in [6.07, 6.45) is 1.92. The van der Waals surface area contributed by atoms with Crippen molar-refractivity contribution in [3.8, 4) is 17.1 Å². The van der Waals surface area contributed by atoms with E-state index in [1.165, 1.54) is 0 Å². The van der Waals surface area contributed by atoms with Gasteiger partial charge in [-0.1, -0.05) is 25.5 Å². The zero-order chi connectivity index (χ0) is 16.4. The third kappa shape index (κ3) is 2.95. The van der Waals surface area contributed by atoms with Crippen LogP contribution in [-0.2, 0) is 13.5 Å². The molecule has 3 rings (SSSR count). The molecule has 0 amide bonds. The number of ether oxygens (including phenoxy) is 1. The summed E-state index contributed by atoms with van der Waals surface area (Å²) >= 11 is 3.57. The molecule has 0 aliphatic rings. The average molecular weight is 375 g/mol. The number of rotatable bonds is 5. The first-order valence-corrected chi connectivity index (χ1v) is 8.56. The van der Waals surface area contributed by atoms with Crippen LogP contribution in [0.2, 0.25) is 0 Å². The molecule has 0 unspecified atom stereocenters. The fraction of sp³-hybridized carbons (Fsp3) is 0.353. The summed E-state index contributed by atoms with van der Waals surface area (Å²) in [4.78, 5) is 9.40. The van der Waals surface area contributed by atoms with E-state index in [4.69, 9.17) is 9.72 Å². The standard InChI is InChI=1S/C17H19BrN4O/c1-4-8-12-14-15(22(3)21-12)16(18)20-17(19-14)11-9-6-7-10-13(11)23-5-2/h6-7,9-10H,4-5,8H2,1-3H3. The maximum absolute atomic E-state index is 5.71. The molecule has 0 spiro atoms. The summed E-state index contributed by atoms with van der Waals surface area (Å²) in [5.41, 5.74) is 3.72. The van der Waals surface area contributed by atoms with Crippen molar-refractivity contribution in [1.29, 1.82) is 0 Å². The molecule has 0 fully saturated rings. The summed E-state index contributed by atoms with van der Waals surface area (Å²) in [7, 11) is 1.92. The molecule has 0 radical (unpaired) electrons. The van der Waals surface area contributed by atoms with Crippen molar-refractivity contribution < 1.29 is 4.74 Å². The van der Waals surface area contributed by atoms with Crippen molar-refractivity contribution in [1.82, 2.24) is 19.7 Å². The van der Waals surface area contributed by atoms with Gasteiger partial charge in [-0.05, 0) is 41.4 Å². The number of fused-ring (bicyclic) bond motifs is 1. The number of aromatic nitrogens is 4. The highest BCUT2D eigenvalue weighted by Gasteiger charge is 2.17. The lowest BCUT2D eigenvalue weighted by Gasteiger charge is -2.09. The Morgan fingerprint density at radius 1 is 1.17 bits per heavy atom. The largest absolute Gasteiger partial charge is 0.493 e. The Labute approximate surface area is 143 Å². The Hall–Kier alpha value is -1.95. The van der Waals surface area contributed by atoms with Gasteiger partial charge in [0.2, 0.25) is 0 Å². The molecule has 0 saturated heterocycles. The molecular formula is C17H19BrN4O. The molecule has 5 nitrogen and oxygen atoms in total. The quantitative estimate of drug-likeness (QED) is 0.629.